The summed E-state index contributed by atoms with van der Waals surface area (Å²) in [4.78, 5) is 56.2. The number of urea groups is 1. The molecule has 0 radical (unpaired) electrons. The second kappa shape index (κ2) is 11.6. The van der Waals surface area contributed by atoms with Crippen LogP contribution < -0.4 is 10.6 Å². The summed E-state index contributed by atoms with van der Waals surface area (Å²) in [5.74, 6) is -3.91. The molecule has 0 aliphatic rings. The van der Waals surface area contributed by atoms with Crippen LogP contribution in [0, 0.1) is 0 Å². The lowest BCUT2D eigenvalue weighted by atomic mass is 10.1. The van der Waals surface area contributed by atoms with E-state index < -0.39 is 42.4 Å². The van der Waals surface area contributed by atoms with Gasteiger partial charge in [-0.05, 0) is 25.7 Å². The van der Waals surface area contributed by atoms with E-state index in [0.717, 1.165) is 0 Å². The van der Waals surface area contributed by atoms with E-state index in [1.54, 1.807) is 7.05 Å². The van der Waals surface area contributed by atoms with E-state index in [4.69, 9.17) is 15.3 Å². The molecule has 11 nitrogen and oxygen atoms in total. The van der Waals surface area contributed by atoms with Gasteiger partial charge in [-0.15, -0.1) is 0 Å². The highest BCUT2D eigenvalue weighted by molar-refractivity contribution is 5.86. The smallest absolute Gasteiger partial charge is 0.326 e. The summed E-state index contributed by atoms with van der Waals surface area (Å²) < 4.78 is 0. The van der Waals surface area contributed by atoms with E-state index in [9.17, 15) is 24.0 Å². The predicted molar refractivity (Wildman–Crippen MR) is 83.9 cm³/mol. The van der Waals surface area contributed by atoms with Crippen LogP contribution in [0.15, 0.2) is 0 Å². The summed E-state index contributed by atoms with van der Waals surface area (Å²) in [5, 5.41) is 30.8. The number of unbranched alkanes of at least 4 members (excludes halogenated alkanes) is 1. The fourth-order valence-electron chi connectivity index (χ4n) is 1.90. The van der Waals surface area contributed by atoms with Crippen LogP contribution in [0.25, 0.3) is 0 Å². The summed E-state index contributed by atoms with van der Waals surface area (Å²) >= 11 is 0. The number of hydrogen-bond donors (Lipinski definition) is 5. The molecule has 0 aromatic rings. The van der Waals surface area contributed by atoms with Crippen LogP contribution in [-0.2, 0) is 19.2 Å². The summed E-state index contributed by atoms with van der Waals surface area (Å²) in [6.07, 6.45) is 0.930. The van der Waals surface area contributed by atoms with E-state index in [1.165, 1.54) is 4.90 Å². The third-order valence-corrected chi connectivity index (χ3v) is 3.29. The average Bonchev–Trinajstić information content (AvgIpc) is 2.53. The molecule has 0 aromatic carbocycles. The molecule has 5 N–H and O–H groups in total. The van der Waals surface area contributed by atoms with Crippen molar-refractivity contribution in [1.29, 1.82) is 0 Å². The number of aliphatic carboxylic acids is 3. The Morgan fingerprint density at radius 2 is 1.48 bits per heavy atom. The van der Waals surface area contributed by atoms with Gasteiger partial charge in [0.1, 0.15) is 12.1 Å². The molecule has 0 fully saturated rings. The van der Waals surface area contributed by atoms with Crippen LogP contribution in [0.3, 0.4) is 0 Å². The quantitative estimate of drug-likeness (QED) is 0.212. The van der Waals surface area contributed by atoms with Gasteiger partial charge < -0.3 is 30.9 Å². The summed E-state index contributed by atoms with van der Waals surface area (Å²) in [7, 11) is 1.58. The highest BCUT2D eigenvalue weighted by Crippen LogP contribution is 2.03. The van der Waals surface area contributed by atoms with Crippen LogP contribution in [0.1, 0.15) is 32.1 Å². The van der Waals surface area contributed by atoms with Crippen molar-refractivity contribution in [3.8, 4) is 0 Å². The SMILES string of the molecule is CN(C=O)CCCC[C@H](NC(=O)N[C@@H](CCC(=O)O)C(=O)O)C(=O)O. The molecule has 2 atom stereocenters. The molecular weight excluding hydrogens is 338 g/mol. The molecule has 11 heteroatoms. The molecule has 0 saturated heterocycles. The number of rotatable bonds is 13. The van der Waals surface area contributed by atoms with Crippen molar-refractivity contribution >= 4 is 30.3 Å². The molecule has 0 heterocycles. The third-order valence-electron chi connectivity index (χ3n) is 3.29. The molecule has 0 unspecified atom stereocenters. The second-order valence-corrected chi connectivity index (χ2v) is 5.41. The molecule has 3 amide bonds. The molecule has 0 spiro atoms. The highest BCUT2D eigenvalue weighted by Gasteiger charge is 2.24. The zero-order valence-electron chi connectivity index (χ0n) is 13.8. The highest BCUT2D eigenvalue weighted by atomic mass is 16.4. The van der Waals surface area contributed by atoms with Crippen molar-refractivity contribution in [2.75, 3.05) is 13.6 Å². The number of amides is 3. The first-order valence-corrected chi connectivity index (χ1v) is 7.57. The maximum Gasteiger partial charge on any atom is 0.326 e. The summed E-state index contributed by atoms with van der Waals surface area (Å²) in [5.41, 5.74) is 0. The van der Waals surface area contributed by atoms with Gasteiger partial charge in [-0.2, -0.15) is 0 Å². The fourth-order valence-corrected chi connectivity index (χ4v) is 1.90. The Morgan fingerprint density at radius 3 is 1.92 bits per heavy atom. The van der Waals surface area contributed by atoms with Gasteiger partial charge in [0, 0.05) is 20.0 Å². The molecule has 0 rings (SSSR count). The topological polar surface area (TPSA) is 173 Å². The second-order valence-electron chi connectivity index (χ2n) is 5.41. The minimum absolute atomic E-state index is 0.0995. The third kappa shape index (κ3) is 10.5. The Bertz CT molecular complexity index is 496. The lowest BCUT2D eigenvalue weighted by Crippen LogP contribution is -2.51. The van der Waals surface area contributed by atoms with Crippen LogP contribution in [-0.4, -0.2) is 76.2 Å². The van der Waals surface area contributed by atoms with E-state index in [1.807, 2.05) is 5.32 Å². The van der Waals surface area contributed by atoms with Gasteiger partial charge in [0.05, 0.1) is 0 Å². The van der Waals surface area contributed by atoms with Gasteiger partial charge in [0.25, 0.3) is 0 Å². The molecule has 0 aliphatic carbocycles. The monoisotopic (exact) mass is 361 g/mol. The number of nitrogens with one attached hydrogen (secondary N) is 2. The average molecular weight is 361 g/mol. The molecular formula is C14H23N3O8. The zero-order valence-corrected chi connectivity index (χ0v) is 13.8. The predicted octanol–water partition coefficient (Wildman–Crippen LogP) is -0.685. The summed E-state index contributed by atoms with van der Waals surface area (Å²) in [6.45, 7) is 0.443. The van der Waals surface area contributed by atoms with E-state index in [0.29, 0.717) is 25.8 Å². The molecule has 0 bridgehead atoms. The number of hydrogen-bond acceptors (Lipinski definition) is 5. The van der Waals surface area contributed by atoms with Crippen molar-refractivity contribution in [2.45, 2.75) is 44.2 Å². The van der Waals surface area contributed by atoms with E-state index >= 15 is 0 Å². The minimum Gasteiger partial charge on any atom is -0.481 e. The van der Waals surface area contributed by atoms with Crippen molar-refractivity contribution in [3.05, 3.63) is 0 Å². The Labute approximate surface area is 144 Å². The van der Waals surface area contributed by atoms with Gasteiger partial charge in [0.2, 0.25) is 6.41 Å². The van der Waals surface area contributed by atoms with E-state index in [-0.39, 0.29) is 12.8 Å². The van der Waals surface area contributed by atoms with Crippen molar-refractivity contribution in [2.24, 2.45) is 0 Å². The molecule has 0 saturated carbocycles. The molecule has 0 aliphatic heterocycles. The number of nitrogens with zero attached hydrogens (tertiary/aromatic N) is 1. The van der Waals surface area contributed by atoms with Crippen molar-refractivity contribution < 1.29 is 39.3 Å². The summed E-state index contributed by atoms with van der Waals surface area (Å²) in [6, 6.07) is -3.67. The first-order chi connectivity index (χ1) is 11.7. The minimum atomic E-state index is -1.44. The van der Waals surface area contributed by atoms with Crippen molar-refractivity contribution in [3.63, 3.8) is 0 Å². The Balaban J connectivity index is 4.46. The number of carbonyl (C=O) groups is 5. The van der Waals surface area contributed by atoms with Crippen LogP contribution in [0.5, 0.6) is 0 Å². The van der Waals surface area contributed by atoms with E-state index in [2.05, 4.69) is 5.32 Å². The maximum atomic E-state index is 11.8. The standard InChI is InChI=1S/C14H23N3O8/c1-17(8-18)7-3-2-4-9(12(21)22)15-14(25)16-10(13(23)24)5-6-11(19)20/h8-10H,2-7H2,1H3,(H,19,20)(H,21,22)(H,23,24)(H2,15,16,25)/t9-,10-/m0/s1. The molecule has 142 valence electrons. The van der Waals surface area contributed by atoms with Crippen molar-refractivity contribution in [1.82, 2.24) is 15.5 Å². The number of carboxylic acid groups (broad SMARTS) is 3. The lowest BCUT2D eigenvalue weighted by Gasteiger charge is -2.18. The largest absolute Gasteiger partial charge is 0.481 e. The first-order valence-electron chi connectivity index (χ1n) is 7.57. The van der Waals surface area contributed by atoms with Gasteiger partial charge in [-0.1, -0.05) is 0 Å². The number of carbonyl (C=O) groups excluding carboxylic acids is 2. The number of carboxylic acids is 3. The van der Waals surface area contributed by atoms with Crippen LogP contribution in [0.4, 0.5) is 4.79 Å². The molecule has 25 heavy (non-hydrogen) atoms. The lowest BCUT2D eigenvalue weighted by molar-refractivity contribution is -0.140. The Morgan fingerprint density at radius 1 is 0.960 bits per heavy atom. The maximum absolute atomic E-state index is 11.8. The Kier molecular flexibility index (Phi) is 10.3. The zero-order chi connectivity index (χ0) is 19.4. The van der Waals surface area contributed by atoms with Gasteiger partial charge in [-0.3, -0.25) is 9.59 Å². The van der Waals surface area contributed by atoms with Gasteiger partial charge >= 0.3 is 23.9 Å². The van der Waals surface area contributed by atoms with Gasteiger partial charge in [0.15, 0.2) is 0 Å². The fraction of sp³-hybridized carbons (Fsp3) is 0.643. The Hall–Kier alpha value is -2.85. The van der Waals surface area contributed by atoms with Gasteiger partial charge in [-0.25, -0.2) is 14.4 Å². The molecule has 0 aromatic heterocycles. The van der Waals surface area contributed by atoms with Crippen LogP contribution >= 0.6 is 0 Å². The van der Waals surface area contributed by atoms with Crippen LogP contribution in [0.2, 0.25) is 0 Å². The first kappa shape index (κ1) is 22.1. The normalized spacial score (nSPS) is 12.5.